The topological polar surface area (TPSA) is 96.0 Å². The van der Waals surface area contributed by atoms with Gasteiger partial charge in [-0.3, -0.25) is 4.72 Å². The van der Waals surface area contributed by atoms with Gasteiger partial charge < -0.3 is 4.52 Å². The number of hydrogen-bond donors (Lipinski definition) is 1. The van der Waals surface area contributed by atoms with Gasteiger partial charge in [0.2, 0.25) is 0 Å². The van der Waals surface area contributed by atoms with Crippen LogP contribution in [0.2, 0.25) is 0 Å². The summed E-state index contributed by atoms with van der Waals surface area (Å²) >= 11 is 0. The van der Waals surface area contributed by atoms with E-state index in [-0.39, 0.29) is 5.82 Å². The highest BCUT2D eigenvalue weighted by molar-refractivity contribution is 7.92. The van der Waals surface area contributed by atoms with Gasteiger partial charge in [-0.15, -0.1) is 0 Å². The smallest absolute Gasteiger partial charge is 0.264 e. The van der Waals surface area contributed by atoms with E-state index in [1.165, 1.54) is 24.5 Å². The van der Waals surface area contributed by atoms with Gasteiger partial charge >= 0.3 is 0 Å². The van der Waals surface area contributed by atoms with E-state index in [9.17, 15) is 12.8 Å². The molecule has 6 nitrogen and oxygen atoms in total. The number of nitriles is 1. The second-order valence-corrected chi connectivity index (χ2v) is 4.87. The molecule has 18 heavy (non-hydrogen) atoms. The molecule has 0 spiro atoms. The minimum Gasteiger partial charge on any atom is -0.363 e. The summed E-state index contributed by atoms with van der Waals surface area (Å²) in [6.07, 6.45) is 1.18. The fourth-order valence-electron chi connectivity index (χ4n) is 1.29. The maximum Gasteiger partial charge on any atom is 0.264 e. The summed E-state index contributed by atoms with van der Waals surface area (Å²) in [7, 11) is -4.08. The van der Waals surface area contributed by atoms with Crippen molar-refractivity contribution in [2.24, 2.45) is 0 Å². The average Bonchev–Trinajstić information content (AvgIpc) is 2.80. The molecule has 0 atom stereocenters. The average molecular weight is 267 g/mol. The Bertz CT molecular complexity index is 704. The van der Waals surface area contributed by atoms with Gasteiger partial charge in [0.25, 0.3) is 10.0 Å². The standard InChI is InChI=1S/C10H6FN3O3S/c11-8-2-1-3-9(7(8)6-12)18(15,16)14-10-4-5-17-13-10/h1-5H,(H,13,14). The maximum atomic E-state index is 13.3. The van der Waals surface area contributed by atoms with Crippen molar-refractivity contribution in [1.82, 2.24) is 5.16 Å². The Morgan fingerprint density at radius 1 is 1.39 bits per heavy atom. The number of anilines is 1. The second kappa shape index (κ2) is 4.46. The van der Waals surface area contributed by atoms with E-state index in [0.29, 0.717) is 0 Å². The molecule has 0 saturated carbocycles. The van der Waals surface area contributed by atoms with E-state index in [0.717, 1.165) is 12.1 Å². The van der Waals surface area contributed by atoms with E-state index < -0.39 is 26.3 Å². The van der Waals surface area contributed by atoms with Crippen LogP contribution in [0.5, 0.6) is 0 Å². The Labute approximate surface area is 102 Å². The van der Waals surface area contributed by atoms with Crippen molar-refractivity contribution >= 4 is 15.8 Å². The molecule has 1 aromatic carbocycles. The number of aromatic nitrogens is 1. The lowest BCUT2D eigenvalue weighted by atomic mass is 10.2. The first-order chi connectivity index (χ1) is 8.54. The zero-order valence-corrected chi connectivity index (χ0v) is 9.61. The van der Waals surface area contributed by atoms with Gasteiger partial charge in [-0.1, -0.05) is 11.2 Å². The highest BCUT2D eigenvalue weighted by Gasteiger charge is 2.22. The molecular formula is C10H6FN3O3S. The Morgan fingerprint density at radius 2 is 2.17 bits per heavy atom. The van der Waals surface area contributed by atoms with Crippen molar-refractivity contribution in [2.75, 3.05) is 4.72 Å². The number of nitrogens with one attached hydrogen (secondary N) is 1. The van der Waals surface area contributed by atoms with Crippen LogP contribution in [0.15, 0.2) is 39.9 Å². The summed E-state index contributed by atoms with van der Waals surface area (Å²) < 4.78 is 43.7. The molecule has 0 radical (unpaired) electrons. The number of nitrogens with zero attached hydrogens (tertiary/aromatic N) is 2. The van der Waals surface area contributed by atoms with Crippen molar-refractivity contribution in [1.29, 1.82) is 5.26 Å². The summed E-state index contributed by atoms with van der Waals surface area (Å²) in [5.41, 5.74) is -0.548. The number of hydrogen-bond acceptors (Lipinski definition) is 5. The molecular weight excluding hydrogens is 261 g/mol. The van der Waals surface area contributed by atoms with Crippen LogP contribution in [-0.2, 0) is 10.0 Å². The predicted octanol–water partition coefficient (Wildman–Crippen LogP) is 1.49. The maximum absolute atomic E-state index is 13.3. The first kappa shape index (κ1) is 12.1. The van der Waals surface area contributed by atoms with Gasteiger partial charge in [-0.25, -0.2) is 12.8 Å². The summed E-state index contributed by atoms with van der Waals surface area (Å²) in [5.74, 6) is -0.955. The third-order valence-electron chi connectivity index (χ3n) is 2.05. The van der Waals surface area contributed by atoms with Crippen LogP contribution in [0.4, 0.5) is 10.2 Å². The van der Waals surface area contributed by atoms with E-state index in [1.807, 2.05) is 0 Å². The SMILES string of the molecule is N#Cc1c(F)cccc1S(=O)(=O)Nc1ccon1. The summed E-state index contributed by atoms with van der Waals surface area (Å²) in [4.78, 5) is -0.451. The summed E-state index contributed by atoms with van der Waals surface area (Å²) in [6, 6.07) is 6.13. The molecule has 2 rings (SSSR count). The minimum atomic E-state index is -4.08. The molecule has 92 valence electrons. The molecule has 0 saturated heterocycles. The quantitative estimate of drug-likeness (QED) is 0.908. The molecule has 1 heterocycles. The lowest BCUT2D eigenvalue weighted by Crippen LogP contribution is -2.15. The van der Waals surface area contributed by atoms with Gasteiger partial charge in [-0.2, -0.15) is 5.26 Å². The van der Waals surface area contributed by atoms with Crippen LogP contribution in [-0.4, -0.2) is 13.6 Å². The number of rotatable bonds is 3. The van der Waals surface area contributed by atoms with Gasteiger partial charge in [0.15, 0.2) is 5.82 Å². The zero-order valence-electron chi connectivity index (χ0n) is 8.79. The highest BCUT2D eigenvalue weighted by Crippen LogP contribution is 2.20. The molecule has 2 aromatic rings. The third-order valence-corrected chi connectivity index (χ3v) is 3.45. The van der Waals surface area contributed by atoms with Crippen LogP contribution in [0.3, 0.4) is 0 Å². The molecule has 0 aliphatic rings. The Balaban J connectivity index is 2.49. The van der Waals surface area contributed by atoms with E-state index in [1.54, 1.807) is 0 Å². The van der Waals surface area contributed by atoms with Crippen LogP contribution in [0.1, 0.15) is 5.56 Å². The molecule has 0 unspecified atom stereocenters. The second-order valence-electron chi connectivity index (χ2n) is 3.21. The lowest BCUT2D eigenvalue weighted by Gasteiger charge is -2.06. The fourth-order valence-corrected chi connectivity index (χ4v) is 2.45. The van der Waals surface area contributed by atoms with Crippen LogP contribution in [0.25, 0.3) is 0 Å². The Morgan fingerprint density at radius 3 is 2.78 bits per heavy atom. The van der Waals surface area contributed by atoms with Crippen molar-refractivity contribution in [3.05, 3.63) is 41.9 Å². The predicted molar refractivity (Wildman–Crippen MR) is 58.4 cm³/mol. The number of benzene rings is 1. The fraction of sp³-hybridized carbons (Fsp3) is 0. The van der Waals surface area contributed by atoms with E-state index >= 15 is 0 Å². The summed E-state index contributed by atoms with van der Waals surface area (Å²) in [5, 5.41) is 12.1. The molecule has 1 aromatic heterocycles. The van der Waals surface area contributed by atoms with E-state index in [2.05, 4.69) is 14.4 Å². The van der Waals surface area contributed by atoms with Crippen LogP contribution >= 0.6 is 0 Å². The molecule has 0 fully saturated rings. The van der Waals surface area contributed by atoms with Gasteiger partial charge in [0.05, 0.1) is 0 Å². The Hall–Kier alpha value is -2.40. The summed E-state index contributed by atoms with van der Waals surface area (Å²) in [6.45, 7) is 0. The van der Waals surface area contributed by atoms with Crippen molar-refractivity contribution in [2.45, 2.75) is 4.90 Å². The normalized spacial score (nSPS) is 10.9. The number of halogens is 1. The van der Waals surface area contributed by atoms with Gasteiger partial charge in [-0.05, 0) is 12.1 Å². The molecule has 0 amide bonds. The molecule has 0 aliphatic carbocycles. The zero-order chi connectivity index (χ0) is 13.2. The minimum absolute atomic E-state index is 0.0526. The lowest BCUT2D eigenvalue weighted by molar-refractivity contribution is 0.423. The molecule has 8 heteroatoms. The number of sulfonamides is 1. The van der Waals surface area contributed by atoms with Gasteiger partial charge in [0, 0.05) is 6.07 Å². The first-order valence-electron chi connectivity index (χ1n) is 4.66. The molecule has 1 N–H and O–H groups in total. The first-order valence-corrected chi connectivity index (χ1v) is 6.15. The van der Waals surface area contributed by atoms with Crippen molar-refractivity contribution in [3.63, 3.8) is 0 Å². The van der Waals surface area contributed by atoms with Gasteiger partial charge in [0.1, 0.15) is 28.6 Å². The molecule has 0 aliphatic heterocycles. The third kappa shape index (κ3) is 2.16. The van der Waals surface area contributed by atoms with Crippen LogP contribution in [0, 0.1) is 17.1 Å². The largest absolute Gasteiger partial charge is 0.363 e. The Kier molecular flexibility index (Phi) is 2.99. The molecule has 0 bridgehead atoms. The monoisotopic (exact) mass is 267 g/mol. The van der Waals surface area contributed by atoms with Crippen molar-refractivity contribution < 1.29 is 17.3 Å². The van der Waals surface area contributed by atoms with E-state index in [4.69, 9.17) is 5.26 Å². The van der Waals surface area contributed by atoms with Crippen LogP contribution < -0.4 is 4.72 Å². The highest BCUT2D eigenvalue weighted by atomic mass is 32.2. The van der Waals surface area contributed by atoms with Crippen molar-refractivity contribution in [3.8, 4) is 6.07 Å².